The fourth-order valence-electron chi connectivity index (χ4n) is 2.03. The summed E-state index contributed by atoms with van der Waals surface area (Å²) >= 11 is 0. The van der Waals surface area contributed by atoms with Gasteiger partial charge in [-0.25, -0.2) is 8.42 Å². The number of hydrogen-bond donors (Lipinski definition) is 0. The number of rotatable bonds is 10. The molecule has 0 spiro atoms. The second-order valence-corrected chi connectivity index (χ2v) is 9.34. The van der Waals surface area contributed by atoms with Crippen molar-refractivity contribution in [3.8, 4) is 0 Å². The second-order valence-electron chi connectivity index (χ2n) is 4.90. The van der Waals surface area contributed by atoms with Crippen LogP contribution in [-0.2, 0) is 23.1 Å². The van der Waals surface area contributed by atoms with Crippen LogP contribution in [0.4, 0.5) is 0 Å². The van der Waals surface area contributed by atoms with Crippen molar-refractivity contribution in [1.29, 1.82) is 0 Å². The molecular weight excluding hydrogens is 332 g/mol. The Kier molecular flexibility index (Phi) is 8.14. The minimum atomic E-state index is -3.38. The molecule has 130 valence electrons. The van der Waals surface area contributed by atoms with Crippen molar-refractivity contribution in [2.24, 2.45) is 0 Å². The van der Waals surface area contributed by atoms with E-state index >= 15 is 0 Å². The van der Waals surface area contributed by atoms with Crippen molar-refractivity contribution in [3.63, 3.8) is 0 Å². The molecule has 1 aromatic rings. The molecule has 0 saturated heterocycles. The molecule has 1 rings (SSSR count). The van der Waals surface area contributed by atoms with Crippen LogP contribution in [0.25, 0.3) is 0 Å². The van der Waals surface area contributed by atoms with Crippen LogP contribution < -0.4 is 0 Å². The Hall–Kier alpha value is -0.993. The zero-order valence-electron chi connectivity index (χ0n) is 14.2. The Balaban J connectivity index is 2.89. The van der Waals surface area contributed by atoms with E-state index in [1.54, 1.807) is 36.0 Å². The maximum absolute atomic E-state index is 12.3. The largest absolute Gasteiger partial charge is 0.529 e. The van der Waals surface area contributed by atoms with Gasteiger partial charge in [-0.15, -0.1) is 0 Å². The molecule has 0 aromatic heterocycles. The van der Waals surface area contributed by atoms with E-state index in [0.717, 1.165) is 5.56 Å². The molecule has 23 heavy (non-hydrogen) atoms. The summed E-state index contributed by atoms with van der Waals surface area (Å²) in [4.78, 5) is 0.309. The third-order valence-electron chi connectivity index (χ3n) is 3.05. The van der Waals surface area contributed by atoms with E-state index in [-0.39, 0.29) is 5.75 Å². The summed E-state index contributed by atoms with van der Waals surface area (Å²) in [5.41, 5.74) is 2.69. The predicted molar refractivity (Wildman–Crippen MR) is 93.0 cm³/mol. The van der Waals surface area contributed by atoms with Gasteiger partial charge < -0.3 is 13.3 Å². The summed E-state index contributed by atoms with van der Waals surface area (Å²) < 4.78 is 41.7. The second kappa shape index (κ2) is 9.34. The molecule has 0 radical (unpaired) electrons. The third-order valence-corrected chi connectivity index (χ3v) is 7.39. The highest BCUT2D eigenvalue weighted by atomic mass is 32.2. The van der Waals surface area contributed by atoms with Gasteiger partial charge in [0, 0.05) is 19.8 Å². The van der Waals surface area contributed by atoms with Crippen molar-refractivity contribution in [1.82, 2.24) is 0 Å². The molecule has 0 N–H and O–H groups in total. The first-order valence-corrected chi connectivity index (χ1v) is 11.2. The molecule has 0 aliphatic heterocycles. The highest BCUT2D eigenvalue weighted by Gasteiger charge is 2.37. The fourth-order valence-corrected chi connectivity index (χ4v) is 5.45. The number of hydrogen-bond acceptors (Lipinski definition) is 5. The van der Waals surface area contributed by atoms with E-state index < -0.39 is 18.6 Å². The van der Waals surface area contributed by atoms with Gasteiger partial charge in [0.1, 0.15) is 0 Å². The Morgan fingerprint density at radius 1 is 0.957 bits per heavy atom. The molecule has 0 bridgehead atoms. The molecule has 0 unspecified atom stereocenters. The number of sulfone groups is 1. The maximum atomic E-state index is 12.3. The van der Waals surface area contributed by atoms with Crippen molar-refractivity contribution >= 4 is 18.6 Å². The molecule has 0 amide bonds. The van der Waals surface area contributed by atoms with Gasteiger partial charge in [-0.3, -0.25) is 0 Å². The zero-order chi connectivity index (χ0) is 17.3. The topological polar surface area (TPSA) is 61.8 Å². The third kappa shape index (κ3) is 6.19. The molecule has 0 aliphatic carbocycles. The molecule has 0 atom stereocenters. The van der Waals surface area contributed by atoms with Crippen LogP contribution in [0.3, 0.4) is 0 Å². The van der Waals surface area contributed by atoms with Gasteiger partial charge in [0.15, 0.2) is 9.84 Å². The lowest BCUT2D eigenvalue weighted by Gasteiger charge is -2.25. The van der Waals surface area contributed by atoms with Gasteiger partial charge in [-0.05, 0) is 45.5 Å². The zero-order valence-corrected chi connectivity index (χ0v) is 16.1. The van der Waals surface area contributed by atoms with Gasteiger partial charge in [0.2, 0.25) is 0 Å². The number of benzene rings is 1. The van der Waals surface area contributed by atoms with Gasteiger partial charge in [0.25, 0.3) is 0 Å². The lowest BCUT2D eigenvalue weighted by Crippen LogP contribution is -2.44. The first-order chi connectivity index (χ1) is 10.9. The standard InChI is InChI=1S/C16H26O5SSi/c1-5-19-23(20-6-2,21-7-3)14-8-13-22(17,18)16-11-9-15(4)10-12-16/h8-12,14H,5-7,13H2,1-4H3/b14-8+. The summed E-state index contributed by atoms with van der Waals surface area (Å²) in [6.07, 6.45) is 1.57. The van der Waals surface area contributed by atoms with E-state index in [1.807, 2.05) is 27.7 Å². The van der Waals surface area contributed by atoms with Gasteiger partial charge >= 0.3 is 8.80 Å². The Morgan fingerprint density at radius 2 is 1.43 bits per heavy atom. The van der Waals surface area contributed by atoms with Crippen LogP contribution >= 0.6 is 0 Å². The first kappa shape index (κ1) is 20.1. The van der Waals surface area contributed by atoms with Crippen molar-refractivity contribution < 1.29 is 21.7 Å². The van der Waals surface area contributed by atoms with Gasteiger partial charge in [-0.1, -0.05) is 23.8 Å². The van der Waals surface area contributed by atoms with Crippen molar-refractivity contribution in [2.45, 2.75) is 32.6 Å². The smallest absolute Gasteiger partial charge is 0.371 e. The van der Waals surface area contributed by atoms with E-state index in [9.17, 15) is 8.42 Å². The van der Waals surface area contributed by atoms with Crippen LogP contribution in [0.2, 0.25) is 0 Å². The summed E-state index contributed by atoms with van der Waals surface area (Å²) in [6.45, 7) is 8.83. The summed E-state index contributed by atoms with van der Waals surface area (Å²) in [7, 11) is -6.33. The van der Waals surface area contributed by atoms with Gasteiger partial charge in [-0.2, -0.15) is 0 Å². The van der Waals surface area contributed by atoms with Crippen LogP contribution in [0.1, 0.15) is 26.3 Å². The van der Waals surface area contributed by atoms with Gasteiger partial charge in [0.05, 0.1) is 10.6 Å². The molecule has 0 saturated carbocycles. The number of aryl methyl sites for hydroxylation is 1. The summed E-state index contributed by atoms with van der Waals surface area (Å²) in [5.74, 6) is -0.113. The fraction of sp³-hybridized carbons (Fsp3) is 0.500. The maximum Gasteiger partial charge on any atom is 0.529 e. The van der Waals surface area contributed by atoms with Crippen LogP contribution in [0.15, 0.2) is 40.9 Å². The molecule has 7 heteroatoms. The Bertz CT molecular complexity index is 578. The van der Waals surface area contributed by atoms with Crippen LogP contribution in [0.5, 0.6) is 0 Å². The summed E-state index contributed by atoms with van der Waals surface area (Å²) in [6, 6.07) is 6.82. The SMILES string of the molecule is CCO[Si](/C=C/CS(=O)(=O)c1ccc(C)cc1)(OCC)OCC. The minimum absolute atomic E-state index is 0.113. The highest BCUT2D eigenvalue weighted by molar-refractivity contribution is 7.91. The lowest BCUT2D eigenvalue weighted by atomic mass is 10.2. The molecule has 0 heterocycles. The van der Waals surface area contributed by atoms with Crippen molar-refractivity contribution in [2.75, 3.05) is 25.6 Å². The summed E-state index contributed by atoms with van der Waals surface area (Å²) in [5, 5.41) is 0. The normalized spacial score (nSPS) is 12.9. The average molecular weight is 359 g/mol. The average Bonchev–Trinajstić information content (AvgIpc) is 2.48. The van der Waals surface area contributed by atoms with Crippen LogP contribution in [-0.4, -0.2) is 42.8 Å². The van der Waals surface area contributed by atoms with Crippen LogP contribution in [0, 0.1) is 6.92 Å². The minimum Gasteiger partial charge on any atom is -0.371 e. The quantitative estimate of drug-likeness (QED) is 0.602. The van der Waals surface area contributed by atoms with E-state index in [4.69, 9.17) is 13.3 Å². The monoisotopic (exact) mass is 358 g/mol. The van der Waals surface area contributed by atoms with E-state index in [1.165, 1.54) is 0 Å². The Morgan fingerprint density at radius 3 is 1.87 bits per heavy atom. The molecule has 0 fully saturated rings. The van der Waals surface area contributed by atoms with E-state index in [0.29, 0.717) is 24.7 Å². The molecule has 1 aromatic carbocycles. The van der Waals surface area contributed by atoms with E-state index in [2.05, 4.69) is 0 Å². The lowest BCUT2D eigenvalue weighted by molar-refractivity contribution is 0.0842. The van der Waals surface area contributed by atoms with Crippen molar-refractivity contribution in [3.05, 3.63) is 41.6 Å². The molecular formula is C16H26O5SSi. The predicted octanol–water partition coefficient (Wildman–Crippen LogP) is 2.91. The Labute approximate surface area is 140 Å². The highest BCUT2D eigenvalue weighted by Crippen LogP contribution is 2.15. The molecule has 5 nitrogen and oxygen atoms in total. The first-order valence-electron chi connectivity index (χ1n) is 7.78. The molecule has 0 aliphatic rings.